The first-order chi connectivity index (χ1) is 19.7. The van der Waals surface area contributed by atoms with Crippen molar-refractivity contribution in [3.8, 4) is 0 Å². The first kappa shape index (κ1) is 40.9. The predicted molar refractivity (Wildman–Crippen MR) is 174 cm³/mol. The number of hydrogen-bond acceptors (Lipinski definition) is 2. The average Bonchev–Trinajstić information content (AvgIpc) is 2.99. The molecule has 0 aliphatic heterocycles. The second-order valence-corrected chi connectivity index (χ2v) is 12.1. The van der Waals surface area contributed by atoms with Crippen LogP contribution in [-0.2, 0) is 13.1 Å². The number of rotatable bonds is 25. The molecule has 0 aliphatic carbocycles. The van der Waals surface area contributed by atoms with Gasteiger partial charge in [-0.25, -0.2) is 9.13 Å². The fourth-order valence-electron chi connectivity index (χ4n) is 5.51. The summed E-state index contributed by atoms with van der Waals surface area (Å²) >= 11 is 0. The highest BCUT2D eigenvalue weighted by molar-refractivity contribution is 5.40. The van der Waals surface area contributed by atoms with Crippen molar-refractivity contribution in [2.24, 2.45) is 11.8 Å². The molecule has 2 rings (SSSR count). The molecule has 4 nitrogen and oxygen atoms in total. The first-order valence-corrected chi connectivity index (χ1v) is 17.1. The van der Waals surface area contributed by atoms with Crippen molar-refractivity contribution in [1.82, 2.24) is 0 Å². The molecule has 0 saturated carbocycles. The predicted octanol–water partition coefficient (Wildman–Crippen LogP) is 3.35. The Labute approximate surface area is 281 Å². The van der Waals surface area contributed by atoms with E-state index in [1.807, 2.05) is 0 Å². The molecular weight excluding hydrogens is 648 g/mol. The lowest BCUT2D eigenvalue weighted by Gasteiger charge is -2.15. The van der Waals surface area contributed by atoms with Gasteiger partial charge in [0.2, 0.25) is 0 Å². The zero-order chi connectivity index (χ0) is 28.7. The number of anilines is 2. The molecule has 6 heteroatoms. The van der Waals surface area contributed by atoms with Crippen molar-refractivity contribution in [3.05, 3.63) is 49.1 Å². The topological polar surface area (TPSA) is 31.8 Å². The summed E-state index contributed by atoms with van der Waals surface area (Å²) in [5.41, 5.74) is 2.52. The number of nitrogens with zero attached hydrogens (tertiary/aromatic N) is 2. The highest BCUT2D eigenvalue weighted by atomic mass is 79.9. The van der Waals surface area contributed by atoms with Crippen LogP contribution in [-0.4, -0.2) is 13.1 Å². The Morgan fingerprint density at radius 3 is 1.14 bits per heavy atom. The van der Waals surface area contributed by atoms with Crippen LogP contribution in [0.15, 0.2) is 49.1 Å². The Morgan fingerprint density at radius 1 is 0.500 bits per heavy atom. The van der Waals surface area contributed by atoms with Crippen molar-refractivity contribution < 1.29 is 43.1 Å². The number of hydrogen-bond donors (Lipinski definition) is 2. The molecule has 2 atom stereocenters. The van der Waals surface area contributed by atoms with Gasteiger partial charge in [-0.1, -0.05) is 91.9 Å². The summed E-state index contributed by atoms with van der Waals surface area (Å²) in [4.78, 5) is 0. The quantitative estimate of drug-likeness (QED) is 0.122. The Hall–Kier alpha value is -1.14. The Bertz CT molecular complexity index is 773. The molecule has 0 bridgehead atoms. The molecule has 0 fully saturated rings. The molecule has 42 heavy (non-hydrogen) atoms. The van der Waals surface area contributed by atoms with Gasteiger partial charge in [-0.3, -0.25) is 0 Å². The van der Waals surface area contributed by atoms with Gasteiger partial charge in [-0.15, -0.1) is 0 Å². The van der Waals surface area contributed by atoms with Crippen LogP contribution in [0.5, 0.6) is 0 Å². The van der Waals surface area contributed by atoms with Gasteiger partial charge in [-0.2, -0.15) is 0 Å². The van der Waals surface area contributed by atoms with Crippen molar-refractivity contribution >= 4 is 11.4 Å². The van der Waals surface area contributed by atoms with Crippen LogP contribution in [0.2, 0.25) is 0 Å². The monoisotopic (exact) mass is 710 g/mol. The van der Waals surface area contributed by atoms with Crippen LogP contribution in [0.1, 0.15) is 130 Å². The molecule has 242 valence electrons. The van der Waals surface area contributed by atoms with E-state index in [0.717, 1.165) is 38.0 Å². The SMILES string of the molecule is CCCCC(CC)CNc1cc[n+](CCCCCCCCCC[n+]2ccc(NCC(CC)CCCC)cc2)cc1.[Br-].[Br-]. The van der Waals surface area contributed by atoms with E-state index in [-0.39, 0.29) is 34.0 Å². The van der Waals surface area contributed by atoms with E-state index in [0.29, 0.717) is 0 Å². The summed E-state index contributed by atoms with van der Waals surface area (Å²) in [7, 11) is 0. The Balaban J connectivity index is 0.00000840. The Morgan fingerprint density at radius 2 is 0.833 bits per heavy atom. The molecular formula is C36H64Br2N4. The molecule has 0 aromatic carbocycles. The third kappa shape index (κ3) is 19.2. The van der Waals surface area contributed by atoms with Crippen LogP contribution in [0.4, 0.5) is 11.4 Å². The van der Waals surface area contributed by atoms with E-state index >= 15 is 0 Å². The van der Waals surface area contributed by atoms with Gasteiger partial charge in [0.1, 0.15) is 13.1 Å². The van der Waals surface area contributed by atoms with Crippen molar-refractivity contribution in [2.45, 2.75) is 144 Å². The largest absolute Gasteiger partial charge is 1.00 e. The lowest BCUT2D eigenvalue weighted by atomic mass is 9.99. The fraction of sp³-hybridized carbons (Fsp3) is 0.722. The number of aromatic nitrogens is 2. The standard InChI is InChI=1S/C36H62N4.2BrH/c1-5-9-19-33(7-3)31-37-35-21-27-39(28-22-35)25-17-15-13-11-12-14-16-18-26-40-29-23-36(24-30-40)38-32-34(8-4)20-10-6-2;;/h21-24,27-30,33-34H,5-20,25-26,31-32H2,1-4H3;2*1H. The van der Waals surface area contributed by atoms with Gasteiger partial charge < -0.3 is 44.6 Å². The molecule has 0 amide bonds. The van der Waals surface area contributed by atoms with Gasteiger partial charge >= 0.3 is 0 Å². The molecule has 0 saturated heterocycles. The van der Waals surface area contributed by atoms with Gasteiger partial charge in [0.25, 0.3) is 0 Å². The molecule has 2 N–H and O–H groups in total. The van der Waals surface area contributed by atoms with Crippen molar-refractivity contribution in [1.29, 1.82) is 0 Å². The number of aryl methyl sites for hydroxylation is 2. The van der Waals surface area contributed by atoms with Crippen LogP contribution in [0, 0.1) is 11.8 Å². The molecule has 0 radical (unpaired) electrons. The van der Waals surface area contributed by atoms with Crippen LogP contribution >= 0.6 is 0 Å². The number of nitrogens with one attached hydrogen (secondary N) is 2. The van der Waals surface area contributed by atoms with Gasteiger partial charge in [0.05, 0.1) is 0 Å². The third-order valence-electron chi connectivity index (χ3n) is 8.64. The lowest BCUT2D eigenvalue weighted by Crippen LogP contribution is -3.00. The maximum absolute atomic E-state index is 3.65. The zero-order valence-corrected chi connectivity index (χ0v) is 30.7. The summed E-state index contributed by atoms with van der Waals surface area (Å²) in [5.74, 6) is 1.59. The van der Waals surface area contributed by atoms with Gasteiger partial charge in [-0.05, 0) is 37.5 Å². The maximum Gasteiger partial charge on any atom is 0.170 e. The number of halogens is 2. The van der Waals surface area contributed by atoms with Crippen molar-refractivity contribution in [3.63, 3.8) is 0 Å². The van der Waals surface area contributed by atoms with E-state index in [2.05, 4.69) is 96.5 Å². The summed E-state index contributed by atoms with van der Waals surface area (Å²) < 4.78 is 4.69. The van der Waals surface area contributed by atoms with Crippen LogP contribution in [0.3, 0.4) is 0 Å². The minimum Gasteiger partial charge on any atom is -1.00 e. The minimum absolute atomic E-state index is 0. The first-order valence-electron chi connectivity index (χ1n) is 17.1. The molecule has 2 aromatic rings. The molecule has 2 aromatic heterocycles. The second kappa shape index (κ2) is 27.4. The fourth-order valence-corrected chi connectivity index (χ4v) is 5.51. The summed E-state index contributed by atoms with van der Waals surface area (Å²) in [6.45, 7) is 13.7. The van der Waals surface area contributed by atoms with Gasteiger partial charge in [0.15, 0.2) is 24.8 Å². The Kier molecular flexibility index (Phi) is 26.7. The van der Waals surface area contributed by atoms with E-state index in [4.69, 9.17) is 0 Å². The lowest BCUT2D eigenvalue weighted by molar-refractivity contribution is -0.697. The maximum atomic E-state index is 3.65. The normalized spacial score (nSPS) is 12.2. The van der Waals surface area contributed by atoms with E-state index in [1.165, 1.54) is 114 Å². The average molecular weight is 713 g/mol. The number of unbranched alkanes of at least 4 members (excludes halogenated alkanes) is 9. The third-order valence-corrected chi connectivity index (χ3v) is 8.64. The summed E-state index contributed by atoms with van der Waals surface area (Å²) in [6, 6.07) is 8.97. The number of pyridine rings is 2. The summed E-state index contributed by atoms with van der Waals surface area (Å²) in [6.07, 6.45) is 30.3. The van der Waals surface area contributed by atoms with Gasteiger partial charge in [0, 0.05) is 61.6 Å². The van der Waals surface area contributed by atoms with E-state index < -0.39 is 0 Å². The van der Waals surface area contributed by atoms with Crippen LogP contribution < -0.4 is 53.7 Å². The molecule has 0 aliphatic rings. The van der Waals surface area contributed by atoms with Crippen LogP contribution in [0.25, 0.3) is 0 Å². The molecule has 2 unspecified atom stereocenters. The highest BCUT2D eigenvalue weighted by Gasteiger charge is 2.08. The highest BCUT2D eigenvalue weighted by Crippen LogP contribution is 2.15. The zero-order valence-electron chi connectivity index (χ0n) is 27.6. The summed E-state index contributed by atoms with van der Waals surface area (Å²) in [5, 5.41) is 7.29. The smallest absolute Gasteiger partial charge is 0.170 e. The van der Waals surface area contributed by atoms with E-state index in [9.17, 15) is 0 Å². The second-order valence-electron chi connectivity index (χ2n) is 12.1. The minimum atomic E-state index is 0. The molecule has 0 spiro atoms. The van der Waals surface area contributed by atoms with Crippen molar-refractivity contribution in [2.75, 3.05) is 23.7 Å². The molecule has 2 heterocycles. The van der Waals surface area contributed by atoms with E-state index in [1.54, 1.807) is 0 Å².